The molecule has 1 N–H and O–H groups in total. The van der Waals surface area contributed by atoms with E-state index in [0.717, 1.165) is 17.8 Å². The maximum Gasteiger partial charge on any atom is 0.417 e. The molecule has 26 heavy (non-hydrogen) atoms. The number of alkyl halides is 3. The normalized spacial score (nSPS) is 20.2. The highest BCUT2D eigenvalue weighted by Gasteiger charge is 2.37. The number of nitrogens with zero attached hydrogens (tertiary/aromatic N) is 4. The molecule has 9 heteroatoms. The zero-order valence-electron chi connectivity index (χ0n) is 13.5. The van der Waals surface area contributed by atoms with Gasteiger partial charge in [-0.15, -0.1) is 11.8 Å². The molecule has 136 valence electrons. The number of rotatable bonds is 4. The van der Waals surface area contributed by atoms with Crippen molar-refractivity contribution in [1.29, 1.82) is 5.26 Å². The molecule has 5 nitrogen and oxygen atoms in total. The number of anilines is 1. The smallest absolute Gasteiger partial charge is 0.394 e. The molecular formula is C17H15F3N4OS. The largest absolute Gasteiger partial charge is 0.417 e. The number of aliphatic hydroxyl groups is 1. The van der Waals surface area contributed by atoms with Crippen LogP contribution in [-0.4, -0.2) is 39.5 Å². The molecule has 0 bridgehead atoms. The van der Waals surface area contributed by atoms with Gasteiger partial charge in [-0.05, 0) is 24.6 Å². The highest BCUT2D eigenvalue weighted by molar-refractivity contribution is 8.00. The van der Waals surface area contributed by atoms with Crippen LogP contribution in [0, 0.1) is 11.3 Å². The number of benzene rings is 1. The summed E-state index contributed by atoms with van der Waals surface area (Å²) >= 11 is 1.15. The first-order valence-electron chi connectivity index (χ1n) is 7.86. The van der Waals surface area contributed by atoms with E-state index < -0.39 is 11.7 Å². The minimum atomic E-state index is -4.41. The lowest BCUT2D eigenvalue weighted by molar-refractivity contribution is -0.139. The van der Waals surface area contributed by atoms with Gasteiger partial charge in [0.25, 0.3) is 0 Å². The van der Waals surface area contributed by atoms with Gasteiger partial charge in [0.1, 0.15) is 11.9 Å². The van der Waals surface area contributed by atoms with Gasteiger partial charge in [0, 0.05) is 22.9 Å². The molecule has 0 aliphatic carbocycles. The number of nitriles is 1. The molecule has 0 amide bonds. The molecule has 1 aliphatic heterocycles. The topological polar surface area (TPSA) is 73.0 Å². The number of aromatic nitrogens is 2. The quantitative estimate of drug-likeness (QED) is 0.879. The molecule has 2 atom stereocenters. The van der Waals surface area contributed by atoms with Gasteiger partial charge in [0.2, 0.25) is 5.82 Å². The monoisotopic (exact) mass is 380 g/mol. The lowest BCUT2D eigenvalue weighted by atomic mass is 10.2. The molecule has 1 saturated heterocycles. The van der Waals surface area contributed by atoms with Crippen molar-refractivity contribution in [3.05, 3.63) is 47.9 Å². The predicted molar refractivity (Wildman–Crippen MR) is 90.7 cm³/mol. The van der Waals surface area contributed by atoms with E-state index in [1.165, 1.54) is 18.3 Å². The summed E-state index contributed by atoms with van der Waals surface area (Å²) < 4.78 is 39.5. The standard InChI is InChI=1S/C17H15F3N4OS/c18-17(19,20)13-3-1-2-4-14(13)26-12-7-11(10-25)24(9-12)16-5-6-22-15(8-21)23-16/h1-6,11-12,25H,7,9-10H2/t11-,12?/m1/s1. The van der Waals surface area contributed by atoms with Gasteiger partial charge in [-0.25, -0.2) is 9.97 Å². The molecule has 1 unspecified atom stereocenters. The molecule has 0 radical (unpaired) electrons. The Morgan fingerprint density at radius 3 is 2.77 bits per heavy atom. The third kappa shape index (κ3) is 3.92. The fourth-order valence-corrected chi connectivity index (χ4v) is 4.34. The van der Waals surface area contributed by atoms with Gasteiger partial charge in [-0.3, -0.25) is 0 Å². The molecule has 3 rings (SSSR count). The summed E-state index contributed by atoms with van der Waals surface area (Å²) in [4.78, 5) is 9.92. The second-order valence-corrected chi connectivity index (χ2v) is 7.15. The minimum absolute atomic E-state index is 0.0118. The van der Waals surface area contributed by atoms with Crippen molar-refractivity contribution < 1.29 is 18.3 Å². The summed E-state index contributed by atoms with van der Waals surface area (Å²) in [5, 5.41) is 18.4. The first-order valence-corrected chi connectivity index (χ1v) is 8.74. The van der Waals surface area contributed by atoms with Crippen LogP contribution in [0.1, 0.15) is 17.8 Å². The summed E-state index contributed by atoms with van der Waals surface area (Å²) in [5.74, 6) is 0.500. The van der Waals surface area contributed by atoms with Crippen molar-refractivity contribution in [2.24, 2.45) is 0 Å². The summed E-state index contributed by atoms with van der Waals surface area (Å²) in [6.07, 6.45) is -2.44. The number of thioether (sulfide) groups is 1. The maximum absolute atomic E-state index is 13.2. The summed E-state index contributed by atoms with van der Waals surface area (Å²) in [5.41, 5.74) is -0.655. The van der Waals surface area contributed by atoms with Crippen molar-refractivity contribution in [2.75, 3.05) is 18.1 Å². The van der Waals surface area contributed by atoms with E-state index in [4.69, 9.17) is 5.26 Å². The average molecular weight is 380 g/mol. The Kier molecular flexibility index (Phi) is 5.34. The first-order chi connectivity index (χ1) is 12.4. The van der Waals surface area contributed by atoms with Crippen molar-refractivity contribution in [3.63, 3.8) is 0 Å². The number of hydrogen-bond donors (Lipinski definition) is 1. The van der Waals surface area contributed by atoms with E-state index in [1.54, 1.807) is 12.1 Å². The second kappa shape index (κ2) is 7.51. The maximum atomic E-state index is 13.2. The van der Waals surface area contributed by atoms with Crippen LogP contribution in [0.15, 0.2) is 41.4 Å². The van der Waals surface area contributed by atoms with E-state index in [-0.39, 0.29) is 28.6 Å². The van der Waals surface area contributed by atoms with Gasteiger partial charge in [0.15, 0.2) is 0 Å². The summed E-state index contributed by atoms with van der Waals surface area (Å²) in [7, 11) is 0. The zero-order chi connectivity index (χ0) is 18.7. The average Bonchev–Trinajstić information content (AvgIpc) is 3.04. The fraction of sp³-hybridized carbons (Fsp3) is 0.353. The Morgan fingerprint density at radius 2 is 2.08 bits per heavy atom. The van der Waals surface area contributed by atoms with Gasteiger partial charge < -0.3 is 10.0 Å². The van der Waals surface area contributed by atoms with Crippen LogP contribution in [0.3, 0.4) is 0 Å². The highest BCUT2D eigenvalue weighted by atomic mass is 32.2. The number of hydrogen-bond acceptors (Lipinski definition) is 6. The Bertz CT molecular complexity index is 824. The van der Waals surface area contributed by atoms with E-state index in [1.807, 2.05) is 11.0 Å². The summed E-state index contributed by atoms with van der Waals surface area (Å²) in [6.45, 7) is 0.272. The molecule has 2 aromatic rings. The van der Waals surface area contributed by atoms with Gasteiger partial charge in [-0.2, -0.15) is 18.4 Å². The second-order valence-electron chi connectivity index (χ2n) is 5.81. The predicted octanol–water partition coefficient (Wildman–Crippen LogP) is 3.10. The van der Waals surface area contributed by atoms with E-state index in [2.05, 4.69) is 9.97 Å². The molecule has 0 spiro atoms. The SMILES string of the molecule is N#Cc1nccc(N2CC(Sc3ccccc3C(F)(F)F)C[C@@H]2CO)n1. The van der Waals surface area contributed by atoms with Crippen molar-refractivity contribution in [1.82, 2.24) is 9.97 Å². The van der Waals surface area contributed by atoms with E-state index >= 15 is 0 Å². The zero-order valence-corrected chi connectivity index (χ0v) is 14.3. The van der Waals surface area contributed by atoms with E-state index in [9.17, 15) is 18.3 Å². The van der Waals surface area contributed by atoms with Crippen molar-refractivity contribution in [3.8, 4) is 6.07 Å². The Labute approximate surface area is 152 Å². The molecule has 0 saturated carbocycles. The third-order valence-electron chi connectivity index (χ3n) is 4.11. The van der Waals surface area contributed by atoms with E-state index in [0.29, 0.717) is 18.8 Å². The first kappa shape index (κ1) is 18.5. The number of halogens is 3. The van der Waals surface area contributed by atoms with Crippen molar-refractivity contribution in [2.45, 2.75) is 28.8 Å². The summed E-state index contributed by atoms with van der Waals surface area (Å²) in [6, 6.07) is 8.69. The molecule has 1 aromatic carbocycles. The minimum Gasteiger partial charge on any atom is -0.394 e. The van der Waals surface area contributed by atoms with Crippen LogP contribution in [0.25, 0.3) is 0 Å². The molecule has 2 heterocycles. The third-order valence-corrected chi connectivity index (χ3v) is 5.39. The van der Waals surface area contributed by atoms with Gasteiger partial charge >= 0.3 is 6.18 Å². The molecule has 1 fully saturated rings. The van der Waals surface area contributed by atoms with Gasteiger partial charge in [-0.1, -0.05) is 12.1 Å². The van der Waals surface area contributed by atoms with Crippen LogP contribution >= 0.6 is 11.8 Å². The van der Waals surface area contributed by atoms with Crippen LogP contribution in [0.5, 0.6) is 0 Å². The highest BCUT2D eigenvalue weighted by Crippen LogP contribution is 2.41. The Hall–Kier alpha value is -2.31. The van der Waals surface area contributed by atoms with Crippen LogP contribution < -0.4 is 4.90 Å². The number of aliphatic hydroxyl groups excluding tert-OH is 1. The Balaban J connectivity index is 1.81. The van der Waals surface area contributed by atoms with Crippen molar-refractivity contribution >= 4 is 17.6 Å². The molecule has 1 aliphatic rings. The Morgan fingerprint density at radius 1 is 1.31 bits per heavy atom. The molecule has 1 aromatic heterocycles. The van der Waals surface area contributed by atoms with Crippen LogP contribution in [-0.2, 0) is 6.18 Å². The van der Waals surface area contributed by atoms with Crippen LogP contribution in [0.4, 0.5) is 19.0 Å². The van der Waals surface area contributed by atoms with Gasteiger partial charge in [0.05, 0.1) is 18.2 Å². The fourth-order valence-electron chi connectivity index (χ4n) is 2.96. The lowest BCUT2D eigenvalue weighted by Crippen LogP contribution is -2.33. The van der Waals surface area contributed by atoms with Crippen LogP contribution in [0.2, 0.25) is 0 Å². The molecular weight excluding hydrogens is 365 g/mol. The lowest BCUT2D eigenvalue weighted by Gasteiger charge is -2.23.